The first-order valence-electron chi connectivity index (χ1n) is 4.16. The van der Waals surface area contributed by atoms with Gasteiger partial charge in [0.05, 0.1) is 13.2 Å². The molecule has 0 aromatic heterocycles. The van der Waals surface area contributed by atoms with Crippen molar-refractivity contribution < 1.29 is 4.74 Å². The molecule has 0 bridgehead atoms. The summed E-state index contributed by atoms with van der Waals surface area (Å²) in [5.74, 6) is 0.963. The van der Waals surface area contributed by atoms with Gasteiger partial charge in [-0.3, -0.25) is 4.90 Å². The topological polar surface area (TPSA) is 12.5 Å². The summed E-state index contributed by atoms with van der Waals surface area (Å²) in [6.45, 7) is 3.03. The van der Waals surface area contributed by atoms with Gasteiger partial charge in [0.15, 0.2) is 0 Å². The standard InChI is InChI=1S/C8H15NO/c1-9-4-5-10-6-8(9)7-2-3-7/h7-8H,2-6H2,1H3/t8-/m0/s1. The Morgan fingerprint density at radius 3 is 2.80 bits per heavy atom. The molecule has 2 rings (SSSR count). The number of ether oxygens (including phenoxy) is 1. The largest absolute Gasteiger partial charge is 0.378 e. The van der Waals surface area contributed by atoms with Crippen molar-refractivity contribution >= 4 is 0 Å². The van der Waals surface area contributed by atoms with Crippen molar-refractivity contribution in [1.82, 2.24) is 4.90 Å². The van der Waals surface area contributed by atoms with Crippen molar-refractivity contribution in [2.75, 3.05) is 26.8 Å². The van der Waals surface area contributed by atoms with Gasteiger partial charge in [0.25, 0.3) is 0 Å². The molecular weight excluding hydrogens is 126 g/mol. The molecule has 1 heterocycles. The van der Waals surface area contributed by atoms with Gasteiger partial charge in [-0.2, -0.15) is 0 Å². The van der Waals surface area contributed by atoms with Crippen LogP contribution < -0.4 is 0 Å². The molecule has 2 nitrogen and oxygen atoms in total. The fourth-order valence-corrected chi connectivity index (χ4v) is 1.68. The monoisotopic (exact) mass is 141 g/mol. The molecule has 2 heteroatoms. The fraction of sp³-hybridized carbons (Fsp3) is 1.00. The number of rotatable bonds is 1. The van der Waals surface area contributed by atoms with Crippen LogP contribution in [-0.2, 0) is 4.74 Å². The number of hydrogen-bond donors (Lipinski definition) is 0. The summed E-state index contributed by atoms with van der Waals surface area (Å²) >= 11 is 0. The Morgan fingerprint density at radius 1 is 1.40 bits per heavy atom. The van der Waals surface area contributed by atoms with Crippen LogP contribution >= 0.6 is 0 Å². The highest BCUT2D eigenvalue weighted by molar-refractivity contribution is 4.88. The summed E-state index contributed by atoms with van der Waals surface area (Å²) < 4.78 is 5.41. The summed E-state index contributed by atoms with van der Waals surface area (Å²) in [5.41, 5.74) is 0. The number of morpholine rings is 1. The maximum absolute atomic E-state index is 5.41. The lowest BCUT2D eigenvalue weighted by molar-refractivity contribution is -0.00227. The molecular formula is C8H15NO. The van der Waals surface area contributed by atoms with Gasteiger partial charge in [-0.15, -0.1) is 0 Å². The number of hydrogen-bond acceptors (Lipinski definition) is 2. The first kappa shape index (κ1) is 6.62. The van der Waals surface area contributed by atoms with E-state index in [1.807, 2.05) is 0 Å². The molecule has 1 saturated heterocycles. The Morgan fingerprint density at radius 2 is 2.20 bits per heavy atom. The van der Waals surface area contributed by atoms with Crippen LogP contribution in [0.4, 0.5) is 0 Å². The van der Waals surface area contributed by atoms with E-state index < -0.39 is 0 Å². The molecule has 1 atom stereocenters. The van der Waals surface area contributed by atoms with Gasteiger partial charge in [0.2, 0.25) is 0 Å². The lowest BCUT2D eigenvalue weighted by atomic mass is 10.1. The normalized spacial score (nSPS) is 36.3. The minimum Gasteiger partial charge on any atom is -0.378 e. The SMILES string of the molecule is CN1CCOC[C@H]1C1CC1. The highest BCUT2D eigenvalue weighted by Gasteiger charge is 2.35. The van der Waals surface area contributed by atoms with Crippen LogP contribution in [0.5, 0.6) is 0 Å². The molecule has 10 heavy (non-hydrogen) atoms. The van der Waals surface area contributed by atoms with Crippen molar-refractivity contribution in [3.05, 3.63) is 0 Å². The summed E-state index contributed by atoms with van der Waals surface area (Å²) in [6.07, 6.45) is 2.86. The predicted molar refractivity (Wildman–Crippen MR) is 40.0 cm³/mol. The molecule has 0 amide bonds. The molecule has 2 aliphatic rings. The zero-order valence-electron chi connectivity index (χ0n) is 6.55. The first-order chi connectivity index (χ1) is 4.88. The van der Waals surface area contributed by atoms with E-state index in [2.05, 4.69) is 11.9 Å². The third-order valence-corrected chi connectivity index (χ3v) is 2.61. The summed E-state index contributed by atoms with van der Waals surface area (Å²) in [6, 6.07) is 0.744. The van der Waals surface area contributed by atoms with Crippen LogP contribution in [0.1, 0.15) is 12.8 Å². The molecule has 0 aromatic carbocycles. The van der Waals surface area contributed by atoms with Crippen LogP contribution in [0.2, 0.25) is 0 Å². The smallest absolute Gasteiger partial charge is 0.0625 e. The number of likely N-dealkylation sites (N-methyl/N-ethyl adjacent to an activating group) is 1. The van der Waals surface area contributed by atoms with Gasteiger partial charge in [-0.05, 0) is 25.8 Å². The van der Waals surface area contributed by atoms with Crippen molar-refractivity contribution in [2.24, 2.45) is 5.92 Å². The fourth-order valence-electron chi connectivity index (χ4n) is 1.68. The average molecular weight is 141 g/mol. The molecule has 1 aliphatic carbocycles. The Hall–Kier alpha value is -0.0800. The van der Waals surface area contributed by atoms with Gasteiger partial charge in [-0.1, -0.05) is 0 Å². The van der Waals surface area contributed by atoms with Gasteiger partial charge in [0.1, 0.15) is 0 Å². The summed E-state index contributed by atoms with van der Waals surface area (Å²) in [7, 11) is 2.21. The van der Waals surface area contributed by atoms with Crippen molar-refractivity contribution in [3.63, 3.8) is 0 Å². The second-order valence-corrected chi connectivity index (χ2v) is 3.46. The molecule has 0 spiro atoms. The summed E-state index contributed by atoms with van der Waals surface area (Å²) in [4.78, 5) is 2.45. The van der Waals surface area contributed by atoms with Gasteiger partial charge in [-0.25, -0.2) is 0 Å². The lowest BCUT2D eigenvalue weighted by Crippen LogP contribution is -2.43. The van der Waals surface area contributed by atoms with Gasteiger partial charge < -0.3 is 4.74 Å². The quantitative estimate of drug-likeness (QED) is 0.533. The minimum absolute atomic E-state index is 0.744. The molecule has 58 valence electrons. The van der Waals surface area contributed by atoms with E-state index in [9.17, 15) is 0 Å². The van der Waals surface area contributed by atoms with E-state index in [1.165, 1.54) is 12.8 Å². The summed E-state index contributed by atoms with van der Waals surface area (Å²) in [5, 5.41) is 0. The van der Waals surface area contributed by atoms with E-state index in [0.29, 0.717) is 0 Å². The second kappa shape index (κ2) is 2.51. The Kier molecular flexibility index (Phi) is 1.66. The van der Waals surface area contributed by atoms with E-state index in [-0.39, 0.29) is 0 Å². The van der Waals surface area contributed by atoms with Crippen LogP contribution in [-0.4, -0.2) is 37.7 Å². The van der Waals surface area contributed by atoms with Crippen LogP contribution in [0.15, 0.2) is 0 Å². The van der Waals surface area contributed by atoms with E-state index in [0.717, 1.165) is 31.7 Å². The van der Waals surface area contributed by atoms with E-state index in [1.54, 1.807) is 0 Å². The Balaban J connectivity index is 1.90. The minimum atomic E-state index is 0.744. The molecule has 0 aromatic rings. The first-order valence-corrected chi connectivity index (χ1v) is 4.16. The average Bonchev–Trinajstić information content (AvgIpc) is 2.71. The van der Waals surface area contributed by atoms with Gasteiger partial charge in [0, 0.05) is 12.6 Å². The maximum atomic E-state index is 5.41. The Bertz CT molecular complexity index is 122. The van der Waals surface area contributed by atoms with E-state index >= 15 is 0 Å². The van der Waals surface area contributed by atoms with Crippen LogP contribution in [0.25, 0.3) is 0 Å². The highest BCUT2D eigenvalue weighted by Crippen LogP contribution is 2.35. The molecule has 0 radical (unpaired) electrons. The van der Waals surface area contributed by atoms with Crippen molar-refractivity contribution in [2.45, 2.75) is 18.9 Å². The second-order valence-electron chi connectivity index (χ2n) is 3.46. The molecule has 1 aliphatic heterocycles. The van der Waals surface area contributed by atoms with Crippen LogP contribution in [0, 0.1) is 5.92 Å². The van der Waals surface area contributed by atoms with Crippen molar-refractivity contribution in [1.29, 1.82) is 0 Å². The van der Waals surface area contributed by atoms with E-state index in [4.69, 9.17) is 4.74 Å². The highest BCUT2D eigenvalue weighted by atomic mass is 16.5. The maximum Gasteiger partial charge on any atom is 0.0625 e. The third kappa shape index (κ3) is 1.18. The zero-order chi connectivity index (χ0) is 6.97. The lowest BCUT2D eigenvalue weighted by Gasteiger charge is -2.32. The predicted octanol–water partition coefficient (Wildman–Crippen LogP) is 0.727. The van der Waals surface area contributed by atoms with Crippen molar-refractivity contribution in [3.8, 4) is 0 Å². The van der Waals surface area contributed by atoms with Crippen LogP contribution in [0.3, 0.4) is 0 Å². The number of nitrogens with zero attached hydrogens (tertiary/aromatic N) is 1. The molecule has 2 fully saturated rings. The Labute approximate surface area is 62.2 Å². The molecule has 1 saturated carbocycles. The molecule has 0 unspecified atom stereocenters. The molecule has 0 N–H and O–H groups in total. The zero-order valence-corrected chi connectivity index (χ0v) is 6.55. The third-order valence-electron chi connectivity index (χ3n) is 2.61. The van der Waals surface area contributed by atoms with Gasteiger partial charge >= 0.3 is 0 Å².